The number of halogens is 1. The number of ether oxygens (including phenoxy) is 1. The zero-order chi connectivity index (χ0) is 9.68. The fraction of sp³-hybridized carbons (Fsp3) is 0.273. The van der Waals surface area contributed by atoms with E-state index in [2.05, 4.69) is 27.8 Å². The second kappa shape index (κ2) is 4.94. The summed E-state index contributed by atoms with van der Waals surface area (Å²) in [5, 5.41) is 0. The van der Waals surface area contributed by atoms with E-state index in [1.807, 2.05) is 25.1 Å². The number of benzene rings is 1. The molecule has 0 aliphatic rings. The minimum Gasteiger partial charge on any atom is -0.481 e. The highest BCUT2D eigenvalue weighted by molar-refractivity contribution is 9.10. The van der Waals surface area contributed by atoms with Gasteiger partial charge in [0.15, 0.2) is 0 Å². The van der Waals surface area contributed by atoms with E-state index in [1.165, 1.54) is 5.56 Å². The van der Waals surface area contributed by atoms with Gasteiger partial charge in [0.2, 0.25) is 0 Å². The molecule has 13 heavy (non-hydrogen) atoms. The normalized spacial score (nSPS) is 8.85. The SMILES string of the molecule is CC#CCOc1ccc(Br)c(C)c1. The second-order valence-electron chi connectivity index (χ2n) is 2.63. The Morgan fingerprint density at radius 2 is 2.23 bits per heavy atom. The van der Waals surface area contributed by atoms with E-state index in [-0.39, 0.29) is 0 Å². The number of hydrogen-bond acceptors (Lipinski definition) is 1. The lowest BCUT2D eigenvalue weighted by molar-refractivity contribution is 0.370. The summed E-state index contributed by atoms with van der Waals surface area (Å²) >= 11 is 3.43. The molecule has 0 aliphatic carbocycles. The minimum atomic E-state index is 0.456. The van der Waals surface area contributed by atoms with Crippen molar-refractivity contribution >= 4 is 15.9 Å². The van der Waals surface area contributed by atoms with Gasteiger partial charge < -0.3 is 4.74 Å². The van der Waals surface area contributed by atoms with E-state index >= 15 is 0 Å². The highest BCUT2D eigenvalue weighted by Gasteiger charge is 1.96. The molecule has 0 atom stereocenters. The largest absolute Gasteiger partial charge is 0.481 e. The summed E-state index contributed by atoms with van der Waals surface area (Å²) in [6.07, 6.45) is 0. The molecule has 0 aromatic heterocycles. The summed E-state index contributed by atoms with van der Waals surface area (Å²) in [5.41, 5.74) is 1.17. The van der Waals surface area contributed by atoms with Crippen molar-refractivity contribution in [3.63, 3.8) is 0 Å². The van der Waals surface area contributed by atoms with Crippen LogP contribution in [0.5, 0.6) is 5.75 Å². The Balaban J connectivity index is 2.66. The van der Waals surface area contributed by atoms with E-state index in [9.17, 15) is 0 Å². The molecule has 1 nitrogen and oxygen atoms in total. The van der Waals surface area contributed by atoms with E-state index in [0.717, 1.165) is 10.2 Å². The molecule has 1 rings (SSSR count). The topological polar surface area (TPSA) is 9.23 Å². The number of hydrogen-bond donors (Lipinski definition) is 0. The first-order valence-electron chi connectivity index (χ1n) is 4.02. The van der Waals surface area contributed by atoms with Crippen LogP contribution in [-0.2, 0) is 0 Å². The van der Waals surface area contributed by atoms with Crippen molar-refractivity contribution in [3.8, 4) is 17.6 Å². The van der Waals surface area contributed by atoms with Crippen molar-refractivity contribution in [2.24, 2.45) is 0 Å². The molecule has 0 unspecified atom stereocenters. The van der Waals surface area contributed by atoms with Crippen LogP contribution < -0.4 is 4.74 Å². The molecule has 0 bridgehead atoms. The molecule has 0 radical (unpaired) electrons. The highest BCUT2D eigenvalue weighted by Crippen LogP contribution is 2.21. The maximum Gasteiger partial charge on any atom is 0.149 e. The maximum absolute atomic E-state index is 5.39. The minimum absolute atomic E-state index is 0.456. The Bertz CT molecular complexity index is 347. The molecule has 0 saturated carbocycles. The predicted molar refractivity (Wildman–Crippen MR) is 57.8 cm³/mol. The second-order valence-corrected chi connectivity index (χ2v) is 3.48. The molecule has 0 fully saturated rings. The molecule has 0 heterocycles. The van der Waals surface area contributed by atoms with Gasteiger partial charge in [-0.3, -0.25) is 0 Å². The van der Waals surface area contributed by atoms with Crippen molar-refractivity contribution in [3.05, 3.63) is 28.2 Å². The monoisotopic (exact) mass is 238 g/mol. The van der Waals surface area contributed by atoms with Crippen LogP contribution in [0.2, 0.25) is 0 Å². The maximum atomic E-state index is 5.39. The number of rotatable bonds is 2. The molecular weight excluding hydrogens is 228 g/mol. The summed E-state index contributed by atoms with van der Waals surface area (Å²) in [4.78, 5) is 0. The molecule has 2 heteroatoms. The van der Waals surface area contributed by atoms with Crippen LogP contribution in [-0.4, -0.2) is 6.61 Å². The molecule has 68 valence electrons. The fourth-order valence-corrected chi connectivity index (χ4v) is 1.15. The Kier molecular flexibility index (Phi) is 3.85. The zero-order valence-electron chi connectivity index (χ0n) is 7.73. The molecule has 1 aromatic rings. The third-order valence-electron chi connectivity index (χ3n) is 1.62. The van der Waals surface area contributed by atoms with Gasteiger partial charge in [-0.25, -0.2) is 0 Å². The zero-order valence-corrected chi connectivity index (χ0v) is 9.31. The highest BCUT2D eigenvalue weighted by atomic mass is 79.9. The lowest BCUT2D eigenvalue weighted by atomic mass is 10.2. The summed E-state index contributed by atoms with van der Waals surface area (Å²) in [5.74, 6) is 6.49. The first-order chi connectivity index (χ1) is 6.24. The standard InChI is InChI=1S/C11H11BrO/c1-3-4-7-13-10-5-6-11(12)9(2)8-10/h5-6,8H,7H2,1-2H3. The van der Waals surface area contributed by atoms with Gasteiger partial charge >= 0.3 is 0 Å². The van der Waals surface area contributed by atoms with Gasteiger partial charge in [0.05, 0.1) is 0 Å². The van der Waals surface area contributed by atoms with Crippen LogP contribution in [0.3, 0.4) is 0 Å². The lowest BCUT2D eigenvalue weighted by Crippen LogP contribution is -1.93. The Labute approximate surface area is 87.2 Å². The van der Waals surface area contributed by atoms with E-state index in [0.29, 0.717) is 6.61 Å². The summed E-state index contributed by atoms with van der Waals surface area (Å²) in [6, 6.07) is 5.89. The van der Waals surface area contributed by atoms with E-state index in [1.54, 1.807) is 6.92 Å². The summed E-state index contributed by atoms with van der Waals surface area (Å²) < 4.78 is 6.49. The summed E-state index contributed by atoms with van der Waals surface area (Å²) in [7, 11) is 0. The van der Waals surface area contributed by atoms with Gasteiger partial charge in [0.25, 0.3) is 0 Å². The van der Waals surface area contributed by atoms with Crippen LogP contribution >= 0.6 is 15.9 Å². The van der Waals surface area contributed by atoms with E-state index in [4.69, 9.17) is 4.74 Å². The van der Waals surface area contributed by atoms with Gasteiger partial charge in [-0.2, -0.15) is 0 Å². The van der Waals surface area contributed by atoms with Gasteiger partial charge in [0.1, 0.15) is 12.4 Å². The van der Waals surface area contributed by atoms with E-state index < -0.39 is 0 Å². The van der Waals surface area contributed by atoms with Crippen LogP contribution in [0, 0.1) is 18.8 Å². The average molecular weight is 239 g/mol. The lowest BCUT2D eigenvalue weighted by Gasteiger charge is -2.03. The van der Waals surface area contributed by atoms with Gasteiger partial charge in [-0.05, 0) is 37.6 Å². The predicted octanol–water partition coefficient (Wildman–Crippen LogP) is 3.16. The first kappa shape index (κ1) is 10.1. The summed E-state index contributed by atoms with van der Waals surface area (Å²) in [6.45, 7) is 4.29. The van der Waals surface area contributed by atoms with Crippen LogP contribution in [0.25, 0.3) is 0 Å². The Morgan fingerprint density at radius 3 is 2.85 bits per heavy atom. The smallest absolute Gasteiger partial charge is 0.149 e. The molecular formula is C11H11BrO. The number of aryl methyl sites for hydroxylation is 1. The van der Waals surface area contributed by atoms with Crippen LogP contribution in [0.4, 0.5) is 0 Å². The van der Waals surface area contributed by atoms with Crippen molar-refractivity contribution in [1.29, 1.82) is 0 Å². The molecule has 0 saturated heterocycles. The average Bonchev–Trinajstić information content (AvgIpc) is 2.12. The molecule has 0 N–H and O–H groups in total. The van der Waals surface area contributed by atoms with Crippen molar-refractivity contribution in [1.82, 2.24) is 0 Å². The van der Waals surface area contributed by atoms with Gasteiger partial charge in [-0.15, -0.1) is 5.92 Å². The van der Waals surface area contributed by atoms with Crippen molar-refractivity contribution in [2.45, 2.75) is 13.8 Å². The van der Waals surface area contributed by atoms with Crippen molar-refractivity contribution < 1.29 is 4.74 Å². The molecule has 0 amide bonds. The first-order valence-corrected chi connectivity index (χ1v) is 4.82. The Hall–Kier alpha value is -0.940. The van der Waals surface area contributed by atoms with Gasteiger partial charge in [-0.1, -0.05) is 21.9 Å². The molecule has 0 aliphatic heterocycles. The quantitative estimate of drug-likeness (QED) is 0.720. The fourth-order valence-electron chi connectivity index (χ4n) is 0.899. The molecule has 1 aromatic carbocycles. The van der Waals surface area contributed by atoms with Crippen LogP contribution in [0.15, 0.2) is 22.7 Å². The Morgan fingerprint density at radius 1 is 1.46 bits per heavy atom. The van der Waals surface area contributed by atoms with Gasteiger partial charge in [0, 0.05) is 4.47 Å². The van der Waals surface area contributed by atoms with Crippen LogP contribution in [0.1, 0.15) is 12.5 Å². The third kappa shape index (κ3) is 3.12. The molecule has 0 spiro atoms. The van der Waals surface area contributed by atoms with Crippen molar-refractivity contribution in [2.75, 3.05) is 6.61 Å². The third-order valence-corrected chi connectivity index (χ3v) is 2.51.